The number of aryl methyl sites for hydroxylation is 1. The Morgan fingerprint density at radius 1 is 1.05 bits per heavy atom. The Morgan fingerprint density at radius 3 is 2.44 bits per heavy atom. The summed E-state index contributed by atoms with van der Waals surface area (Å²) in [6.07, 6.45) is -0.721. The first-order valence-corrected chi connectivity index (χ1v) is 13.4. The number of piperazine rings is 1. The number of para-hydroxylation sites is 1. The number of carbonyl (C=O) groups is 3. The fraction of sp³-hybridized carbons (Fsp3) is 0.448. The first-order chi connectivity index (χ1) is 18.6. The highest BCUT2D eigenvalue weighted by Gasteiger charge is 2.35. The molecular weight excluding hydrogens is 496 g/mol. The van der Waals surface area contributed by atoms with Crippen LogP contribution in [0.15, 0.2) is 53.5 Å². The lowest BCUT2D eigenvalue weighted by Gasteiger charge is -2.37. The van der Waals surface area contributed by atoms with Crippen LogP contribution in [0, 0.1) is 6.92 Å². The topological polar surface area (TPSA) is 107 Å². The van der Waals surface area contributed by atoms with E-state index >= 15 is 0 Å². The number of amidine groups is 1. The Bertz CT molecular complexity index is 1250. The van der Waals surface area contributed by atoms with Gasteiger partial charge in [-0.05, 0) is 63.9 Å². The predicted molar refractivity (Wildman–Crippen MR) is 152 cm³/mol. The van der Waals surface area contributed by atoms with E-state index < -0.39 is 17.8 Å². The van der Waals surface area contributed by atoms with Crippen LogP contribution >= 0.6 is 0 Å². The van der Waals surface area contributed by atoms with Crippen molar-refractivity contribution in [1.82, 2.24) is 15.1 Å². The van der Waals surface area contributed by atoms with Crippen LogP contribution in [0.1, 0.15) is 45.2 Å². The lowest BCUT2D eigenvalue weighted by molar-refractivity contribution is -0.120. The molecule has 0 aliphatic carbocycles. The molecule has 2 aliphatic heterocycles. The van der Waals surface area contributed by atoms with Gasteiger partial charge in [-0.3, -0.25) is 4.79 Å². The second-order valence-electron chi connectivity index (χ2n) is 10.8. The maximum atomic E-state index is 13.7. The minimum atomic E-state index is -1.12. The van der Waals surface area contributed by atoms with E-state index in [1.54, 1.807) is 15.9 Å². The van der Waals surface area contributed by atoms with Crippen LogP contribution in [0.3, 0.4) is 0 Å². The first kappa shape index (κ1) is 27.9. The molecule has 1 atom stereocenters. The maximum Gasteiger partial charge on any atom is 0.410 e. The molecule has 2 heterocycles. The van der Waals surface area contributed by atoms with Crippen LogP contribution in [-0.4, -0.2) is 78.2 Å². The van der Waals surface area contributed by atoms with Gasteiger partial charge < -0.3 is 30.1 Å². The molecule has 0 aromatic heterocycles. The quantitative estimate of drug-likeness (QED) is 0.612. The highest BCUT2D eigenvalue weighted by Crippen LogP contribution is 2.28. The van der Waals surface area contributed by atoms with Gasteiger partial charge in [-0.25, -0.2) is 14.6 Å². The van der Waals surface area contributed by atoms with Crippen molar-refractivity contribution in [2.45, 2.75) is 52.8 Å². The van der Waals surface area contributed by atoms with Crippen molar-refractivity contribution in [2.24, 2.45) is 4.99 Å². The van der Waals surface area contributed by atoms with E-state index in [9.17, 15) is 14.4 Å². The van der Waals surface area contributed by atoms with E-state index in [0.717, 1.165) is 23.2 Å². The van der Waals surface area contributed by atoms with Gasteiger partial charge in [-0.15, -0.1) is 0 Å². The summed E-state index contributed by atoms with van der Waals surface area (Å²) in [5.74, 6) is 0.313. The summed E-state index contributed by atoms with van der Waals surface area (Å²) in [6.45, 7) is 11.9. The number of aliphatic imine (C=N–C) groups is 1. The molecule has 2 N–H and O–H groups in total. The van der Waals surface area contributed by atoms with Crippen LogP contribution in [0.25, 0.3) is 0 Å². The zero-order valence-electron chi connectivity index (χ0n) is 23.4. The molecule has 10 nitrogen and oxygen atoms in total. The summed E-state index contributed by atoms with van der Waals surface area (Å²) >= 11 is 0. The van der Waals surface area contributed by atoms with E-state index in [4.69, 9.17) is 9.73 Å². The molecule has 0 saturated carbocycles. The molecule has 208 valence electrons. The van der Waals surface area contributed by atoms with Crippen LogP contribution in [0.2, 0.25) is 0 Å². The number of urea groups is 1. The molecule has 10 heteroatoms. The zero-order chi connectivity index (χ0) is 28.2. The lowest BCUT2D eigenvalue weighted by atomic mass is 10.1. The number of nitrogens with zero attached hydrogens (tertiary/aromatic N) is 4. The lowest BCUT2D eigenvalue weighted by Crippen LogP contribution is -2.52. The fourth-order valence-corrected chi connectivity index (χ4v) is 4.65. The second kappa shape index (κ2) is 11.8. The third kappa shape index (κ3) is 6.87. The van der Waals surface area contributed by atoms with Crippen molar-refractivity contribution in [1.29, 1.82) is 0 Å². The molecule has 2 aromatic carbocycles. The summed E-state index contributed by atoms with van der Waals surface area (Å²) in [5, 5.41) is 5.59. The standard InChI is InChI=1S/C29H38N6O4/c1-6-14-35-23-13-8-7-12-22(23)25(33-15-17-34(18-16-33)28(38)39-29(3,4)5)31-24(26(35)36)32-27(37)30-21-11-9-10-20(2)19-21/h7-13,19,24H,6,14-18H2,1-5H3,(H2,30,32,37)/t24-/m0/s1. The molecular formula is C29H38N6O4. The monoisotopic (exact) mass is 534 g/mol. The average Bonchev–Trinajstić information content (AvgIpc) is 2.99. The van der Waals surface area contributed by atoms with Crippen LogP contribution in [0.5, 0.6) is 0 Å². The molecule has 2 aliphatic rings. The van der Waals surface area contributed by atoms with Crippen molar-refractivity contribution in [3.05, 3.63) is 59.7 Å². The first-order valence-electron chi connectivity index (χ1n) is 13.4. The minimum absolute atomic E-state index is 0.300. The number of benzene rings is 2. The number of hydrogen-bond acceptors (Lipinski definition) is 6. The SMILES string of the molecule is CCCN1C(=O)[C@H](NC(=O)Nc2cccc(C)c2)N=C(N2CCN(C(=O)OC(C)(C)C)CC2)c2ccccc21. The molecule has 39 heavy (non-hydrogen) atoms. The van der Waals surface area contributed by atoms with Gasteiger partial charge in [0.05, 0.1) is 5.69 Å². The predicted octanol–water partition coefficient (Wildman–Crippen LogP) is 4.20. The number of nitrogens with one attached hydrogen (secondary N) is 2. The highest BCUT2D eigenvalue weighted by atomic mass is 16.6. The van der Waals surface area contributed by atoms with Crippen molar-refractivity contribution in [3.8, 4) is 0 Å². The molecule has 4 amide bonds. The highest BCUT2D eigenvalue weighted by molar-refractivity contribution is 6.12. The van der Waals surface area contributed by atoms with Gasteiger partial charge in [0.1, 0.15) is 11.4 Å². The third-order valence-corrected chi connectivity index (χ3v) is 6.41. The summed E-state index contributed by atoms with van der Waals surface area (Å²) in [4.78, 5) is 49.6. The van der Waals surface area contributed by atoms with E-state index in [1.165, 1.54) is 0 Å². The van der Waals surface area contributed by atoms with Crippen molar-refractivity contribution >= 4 is 35.2 Å². The Labute approximate surface area is 230 Å². The van der Waals surface area contributed by atoms with Crippen molar-refractivity contribution in [3.63, 3.8) is 0 Å². The zero-order valence-corrected chi connectivity index (χ0v) is 23.4. The van der Waals surface area contributed by atoms with Gasteiger partial charge >= 0.3 is 12.1 Å². The fourth-order valence-electron chi connectivity index (χ4n) is 4.65. The number of hydrogen-bond donors (Lipinski definition) is 2. The van der Waals surface area contributed by atoms with Crippen LogP contribution in [-0.2, 0) is 9.53 Å². The molecule has 1 fully saturated rings. The second-order valence-corrected chi connectivity index (χ2v) is 10.8. The summed E-state index contributed by atoms with van der Waals surface area (Å²) in [6, 6.07) is 14.6. The van der Waals surface area contributed by atoms with Gasteiger partial charge in [-0.1, -0.05) is 31.2 Å². The molecule has 0 radical (unpaired) electrons. The molecule has 0 unspecified atom stereocenters. The summed E-state index contributed by atoms with van der Waals surface area (Å²) in [7, 11) is 0. The van der Waals surface area contributed by atoms with Gasteiger partial charge in [-0.2, -0.15) is 0 Å². The normalized spacial score (nSPS) is 17.7. The van der Waals surface area contributed by atoms with E-state index in [2.05, 4.69) is 15.5 Å². The Hall–Kier alpha value is -4.08. The summed E-state index contributed by atoms with van der Waals surface area (Å²) < 4.78 is 5.54. The number of rotatable bonds is 4. The van der Waals surface area contributed by atoms with E-state index in [1.807, 2.05) is 77.1 Å². The van der Waals surface area contributed by atoms with Gasteiger partial charge in [0.15, 0.2) is 0 Å². The van der Waals surface area contributed by atoms with Crippen LogP contribution < -0.4 is 15.5 Å². The molecule has 1 saturated heterocycles. The minimum Gasteiger partial charge on any atom is -0.444 e. The summed E-state index contributed by atoms with van der Waals surface area (Å²) in [5.41, 5.74) is 2.63. The number of fused-ring (bicyclic) bond motifs is 1. The molecule has 2 aromatic rings. The largest absolute Gasteiger partial charge is 0.444 e. The number of anilines is 2. The van der Waals surface area contributed by atoms with Crippen molar-refractivity contribution in [2.75, 3.05) is 42.9 Å². The number of carbonyl (C=O) groups excluding carboxylic acids is 3. The molecule has 0 bridgehead atoms. The number of benzodiazepines with no additional fused rings is 1. The number of amides is 4. The van der Waals surface area contributed by atoms with Gasteiger partial charge in [0.25, 0.3) is 5.91 Å². The Kier molecular flexibility index (Phi) is 8.42. The van der Waals surface area contributed by atoms with Crippen molar-refractivity contribution < 1.29 is 19.1 Å². The molecule has 0 spiro atoms. The van der Waals surface area contributed by atoms with Gasteiger partial charge in [0.2, 0.25) is 6.17 Å². The van der Waals surface area contributed by atoms with Gasteiger partial charge in [0, 0.05) is 44.0 Å². The smallest absolute Gasteiger partial charge is 0.410 e. The number of ether oxygens (including phenoxy) is 1. The molecule has 4 rings (SSSR count). The third-order valence-electron chi connectivity index (χ3n) is 6.41. The van der Waals surface area contributed by atoms with E-state index in [0.29, 0.717) is 44.2 Å². The van der Waals surface area contributed by atoms with E-state index in [-0.39, 0.29) is 12.0 Å². The Balaban J connectivity index is 1.60. The maximum absolute atomic E-state index is 13.7. The van der Waals surface area contributed by atoms with Crippen LogP contribution in [0.4, 0.5) is 21.0 Å². The average molecular weight is 535 g/mol. The Morgan fingerprint density at radius 2 is 1.77 bits per heavy atom.